The zero-order valence-corrected chi connectivity index (χ0v) is 12.2. The van der Waals surface area contributed by atoms with Crippen LogP contribution >= 0.6 is 0 Å². The number of nitrogen functional groups attached to an aromatic ring is 1. The normalized spacial score (nSPS) is 19.5. The number of hydrogen-bond donors (Lipinski definition) is 1. The van der Waals surface area contributed by atoms with E-state index in [1.807, 2.05) is 19.1 Å². The maximum atomic E-state index is 6.29. The molecule has 1 aromatic carbocycles. The molecule has 1 fully saturated rings. The molecule has 106 valence electrons. The maximum Gasteiger partial charge on any atom is 0.144 e. The molecule has 1 aliphatic rings. The summed E-state index contributed by atoms with van der Waals surface area (Å²) < 4.78 is 5.61. The summed E-state index contributed by atoms with van der Waals surface area (Å²) >= 11 is 0. The quantitative estimate of drug-likeness (QED) is 0.820. The van der Waals surface area contributed by atoms with Gasteiger partial charge in [0, 0.05) is 12.6 Å². The van der Waals surface area contributed by atoms with Crippen molar-refractivity contribution in [3.05, 3.63) is 18.2 Å². The highest BCUT2D eigenvalue weighted by Gasteiger charge is 2.24. The number of para-hydroxylation sites is 1. The lowest BCUT2D eigenvalue weighted by molar-refractivity contribution is 0.342. The molecule has 19 heavy (non-hydrogen) atoms. The van der Waals surface area contributed by atoms with Crippen LogP contribution in [0.15, 0.2) is 18.2 Å². The molecule has 0 amide bonds. The summed E-state index contributed by atoms with van der Waals surface area (Å²) in [6, 6.07) is 6.78. The highest BCUT2D eigenvalue weighted by atomic mass is 16.5. The Hall–Kier alpha value is -1.38. The molecular weight excluding hydrogens is 236 g/mol. The average Bonchev–Trinajstić information content (AvgIpc) is 2.43. The van der Waals surface area contributed by atoms with Crippen molar-refractivity contribution in [1.82, 2.24) is 0 Å². The third-order valence-electron chi connectivity index (χ3n) is 3.90. The summed E-state index contributed by atoms with van der Waals surface area (Å²) in [5, 5.41) is 0. The molecule has 0 aliphatic carbocycles. The zero-order chi connectivity index (χ0) is 13.7. The van der Waals surface area contributed by atoms with Gasteiger partial charge < -0.3 is 15.4 Å². The first kappa shape index (κ1) is 14.0. The van der Waals surface area contributed by atoms with Crippen LogP contribution in [0.5, 0.6) is 5.75 Å². The van der Waals surface area contributed by atoms with Gasteiger partial charge in [-0.2, -0.15) is 0 Å². The smallest absolute Gasteiger partial charge is 0.144 e. The zero-order valence-electron chi connectivity index (χ0n) is 12.2. The molecule has 0 saturated carbocycles. The summed E-state index contributed by atoms with van der Waals surface area (Å²) in [6.45, 7) is 6.02. The third-order valence-corrected chi connectivity index (χ3v) is 3.90. The SMILES string of the molecule is CCCC1CCCCN1c1cccc(OCC)c1N. The van der Waals surface area contributed by atoms with Gasteiger partial charge >= 0.3 is 0 Å². The Morgan fingerprint density at radius 2 is 2.16 bits per heavy atom. The molecule has 1 aromatic rings. The number of benzene rings is 1. The first-order valence-corrected chi connectivity index (χ1v) is 7.55. The van der Waals surface area contributed by atoms with Crippen molar-refractivity contribution < 1.29 is 4.74 Å². The molecule has 3 nitrogen and oxygen atoms in total. The fourth-order valence-electron chi connectivity index (χ4n) is 3.02. The van der Waals surface area contributed by atoms with Crippen LogP contribution in [0.4, 0.5) is 11.4 Å². The van der Waals surface area contributed by atoms with Gasteiger partial charge in [0.1, 0.15) is 5.75 Å². The van der Waals surface area contributed by atoms with Gasteiger partial charge in [0.05, 0.1) is 18.0 Å². The Balaban J connectivity index is 2.25. The predicted octanol–water partition coefficient (Wildman–Crippen LogP) is 3.83. The maximum absolute atomic E-state index is 6.29. The van der Waals surface area contributed by atoms with Crippen LogP contribution < -0.4 is 15.4 Å². The minimum Gasteiger partial charge on any atom is -0.492 e. The second-order valence-corrected chi connectivity index (χ2v) is 5.25. The lowest BCUT2D eigenvalue weighted by atomic mass is 9.97. The van der Waals surface area contributed by atoms with E-state index in [1.165, 1.54) is 32.1 Å². The van der Waals surface area contributed by atoms with Crippen molar-refractivity contribution in [2.24, 2.45) is 0 Å². The van der Waals surface area contributed by atoms with Gasteiger partial charge in [-0.1, -0.05) is 19.4 Å². The van der Waals surface area contributed by atoms with E-state index in [2.05, 4.69) is 17.9 Å². The highest BCUT2D eigenvalue weighted by molar-refractivity contribution is 5.74. The minimum absolute atomic E-state index is 0.637. The van der Waals surface area contributed by atoms with E-state index in [9.17, 15) is 0 Å². The average molecular weight is 262 g/mol. The van der Waals surface area contributed by atoms with Gasteiger partial charge in [0.2, 0.25) is 0 Å². The first-order chi connectivity index (χ1) is 9.27. The number of hydrogen-bond acceptors (Lipinski definition) is 3. The van der Waals surface area contributed by atoms with E-state index in [4.69, 9.17) is 10.5 Å². The van der Waals surface area contributed by atoms with Gasteiger partial charge in [-0.15, -0.1) is 0 Å². The van der Waals surface area contributed by atoms with Gasteiger partial charge in [-0.25, -0.2) is 0 Å². The second-order valence-electron chi connectivity index (χ2n) is 5.25. The van der Waals surface area contributed by atoms with Crippen LogP contribution in [0, 0.1) is 0 Å². The fraction of sp³-hybridized carbons (Fsp3) is 0.625. The number of anilines is 2. The monoisotopic (exact) mass is 262 g/mol. The Bertz CT molecular complexity index is 404. The van der Waals surface area contributed by atoms with Crippen molar-refractivity contribution in [2.45, 2.75) is 52.0 Å². The van der Waals surface area contributed by atoms with Crippen LogP contribution in [-0.4, -0.2) is 19.2 Å². The highest BCUT2D eigenvalue weighted by Crippen LogP contribution is 2.36. The number of rotatable bonds is 5. The van der Waals surface area contributed by atoms with E-state index in [-0.39, 0.29) is 0 Å². The Morgan fingerprint density at radius 1 is 1.32 bits per heavy atom. The van der Waals surface area contributed by atoms with Crippen molar-refractivity contribution >= 4 is 11.4 Å². The Kier molecular flexibility index (Phi) is 4.94. The first-order valence-electron chi connectivity index (χ1n) is 7.55. The molecule has 1 saturated heterocycles. The second kappa shape index (κ2) is 6.69. The van der Waals surface area contributed by atoms with Crippen molar-refractivity contribution in [3.63, 3.8) is 0 Å². The molecule has 0 radical (unpaired) electrons. The van der Waals surface area contributed by atoms with Crippen LogP contribution in [0.3, 0.4) is 0 Å². The van der Waals surface area contributed by atoms with Crippen LogP contribution in [0.25, 0.3) is 0 Å². The largest absolute Gasteiger partial charge is 0.492 e. The number of ether oxygens (including phenoxy) is 1. The lowest BCUT2D eigenvalue weighted by Crippen LogP contribution is -2.39. The van der Waals surface area contributed by atoms with E-state index in [0.717, 1.165) is 23.7 Å². The summed E-state index contributed by atoms with van der Waals surface area (Å²) in [6.07, 6.45) is 6.36. The van der Waals surface area contributed by atoms with Gasteiger partial charge in [0.25, 0.3) is 0 Å². The fourth-order valence-corrected chi connectivity index (χ4v) is 3.02. The molecule has 0 spiro atoms. The molecule has 3 heteroatoms. The molecule has 1 unspecified atom stereocenters. The van der Waals surface area contributed by atoms with E-state index in [1.54, 1.807) is 0 Å². The molecule has 0 aromatic heterocycles. The summed E-state index contributed by atoms with van der Waals surface area (Å²) in [5.74, 6) is 0.820. The van der Waals surface area contributed by atoms with Crippen LogP contribution in [-0.2, 0) is 0 Å². The third kappa shape index (κ3) is 3.14. The van der Waals surface area contributed by atoms with E-state index in [0.29, 0.717) is 12.6 Å². The Morgan fingerprint density at radius 3 is 2.89 bits per heavy atom. The molecule has 1 heterocycles. The minimum atomic E-state index is 0.637. The number of piperidine rings is 1. The Labute approximate surface area is 116 Å². The van der Waals surface area contributed by atoms with Gasteiger partial charge in [0.15, 0.2) is 0 Å². The van der Waals surface area contributed by atoms with Crippen LogP contribution in [0.2, 0.25) is 0 Å². The standard InChI is InChI=1S/C16H26N2O/c1-3-8-13-9-5-6-12-18(13)14-10-7-11-15(16(14)17)19-4-2/h7,10-11,13H,3-6,8-9,12,17H2,1-2H3. The lowest BCUT2D eigenvalue weighted by Gasteiger charge is -2.38. The summed E-state index contributed by atoms with van der Waals surface area (Å²) in [5.41, 5.74) is 8.25. The van der Waals surface area contributed by atoms with Crippen molar-refractivity contribution in [3.8, 4) is 5.75 Å². The summed E-state index contributed by atoms with van der Waals surface area (Å²) in [4.78, 5) is 2.49. The van der Waals surface area contributed by atoms with E-state index < -0.39 is 0 Å². The van der Waals surface area contributed by atoms with Gasteiger partial charge in [-0.3, -0.25) is 0 Å². The van der Waals surface area contributed by atoms with Crippen molar-refractivity contribution in [1.29, 1.82) is 0 Å². The molecule has 1 aliphatic heterocycles. The molecular formula is C16H26N2O. The molecule has 2 N–H and O–H groups in total. The number of nitrogens with zero attached hydrogens (tertiary/aromatic N) is 1. The van der Waals surface area contributed by atoms with E-state index >= 15 is 0 Å². The number of nitrogens with two attached hydrogens (primary N) is 1. The molecule has 1 atom stereocenters. The molecule has 0 bridgehead atoms. The topological polar surface area (TPSA) is 38.5 Å². The molecule has 2 rings (SSSR count). The summed E-state index contributed by atoms with van der Waals surface area (Å²) in [7, 11) is 0. The van der Waals surface area contributed by atoms with Crippen molar-refractivity contribution in [2.75, 3.05) is 23.8 Å². The van der Waals surface area contributed by atoms with Crippen LogP contribution in [0.1, 0.15) is 46.0 Å². The predicted molar refractivity (Wildman–Crippen MR) is 81.9 cm³/mol. The van der Waals surface area contributed by atoms with Gasteiger partial charge in [-0.05, 0) is 44.7 Å².